The summed E-state index contributed by atoms with van der Waals surface area (Å²) in [5.41, 5.74) is 1.75. The average molecular weight is 650 g/mol. The van der Waals surface area contributed by atoms with E-state index in [1.807, 2.05) is 0 Å². The Kier molecular flexibility index (Phi) is 8.06. The number of amides is 3. The number of ether oxygens (including phenoxy) is 1. The SMILES string of the molecule is CCOC(=O)c1ccc(N2C(=O)[C@H]3[C@H](c4ccc(Cl)cc4)c4sc(=O)n(CC(=O)Nc5ccc(O)cc5)c4S[C@H]3C2=O)cc1. The van der Waals surface area contributed by atoms with Crippen LogP contribution in [-0.2, 0) is 25.7 Å². The number of aromatic hydroxyl groups is 1. The van der Waals surface area contributed by atoms with Gasteiger partial charge in [-0.15, -0.1) is 0 Å². The molecule has 0 radical (unpaired) electrons. The molecule has 0 spiro atoms. The first-order valence-corrected chi connectivity index (χ1v) is 15.6. The highest BCUT2D eigenvalue weighted by atomic mass is 35.5. The van der Waals surface area contributed by atoms with Crippen molar-refractivity contribution < 1.29 is 29.0 Å². The first-order valence-electron chi connectivity index (χ1n) is 13.6. The van der Waals surface area contributed by atoms with Gasteiger partial charge in [-0.25, -0.2) is 9.69 Å². The van der Waals surface area contributed by atoms with Gasteiger partial charge in [0.15, 0.2) is 0 Å². The van der Waals surface area contributed by atoms with E-state index < -0.39 is 45.6 Å². The van der Waals surface area contributed by atoms with E-state index in [0.29, 0.717) is 31.9 Å². The molecule has 2 aliphatic heterocycles. The van der Waals surface area contributed by atoms with Gasteiger partial charge in [0, 0.05) is 21.5 Å². The number of phenolic OH excluding ortho intramolecular Hbond substituents is 1. The average Bonchev–Trinajstić information content (AvgIpc) is 3.45. The number of benzene rings is 3. The zero-order chi connectivity index (χ0) is 31.1. The molecule has 0 aliphatic carbocycles. The third kappa shape index (κ3) is 5.40. The summed E-state index contributed by atoms with van der Waals surface area (Å²) in [4.78, 5) is 67.7. The van der Waals surface area contributed by atoms with Crippen molar-refractivity contribution in [3.8, 4) is 5.75 Å². The van der Waals surface area contributed by atoms with Gasteiger partial charge in [-0.05, 0) is 73.2 Å². The van der Waals surface area contributed by atoms with Crippen LogP contribution in [0.2, 0.25) is 5.02 Å². The Morgan fingerprint density at radius 2 is 1.64 bits per heavy atom. The number of thiazole rings is 1. The summed E-state index contributed by atoms with van der Waals surface area (Å²) in [6, 6.07) is 18.9. The van der Waals surface area contributed by atoms with Crippen LogP contribution in [0.25, 0.3) is 0 Å². The predicted octanol–water partition coefficient (Wildman–Crippen LogP) is 4.88. The van der Waals surface area contributed by atoms with E-state index in [0.717, 1.165) is 28.0 Å². The lowest BCUT2D eigenvalue weighted by Crippen LogP contribution is -2.33. The molecule has 0 unspecified atom stereocenters. The number of hydrogen-bond acceptors (Lipinski definition) is 9. The number of esters is 1. The van der Waals surface area contributed by atoms with Crippen LogP contribution in [0.5, 0.6) is 5.75 Å². The Morgan fingerprint density at radius 3 is 2.30 bits per heavy atom. The van der Waals surface area contributed by atoms with Crippen molar-refractivity contribution in [2.24, 2.45) is 5.92 Å². The van der Waals surface area contributed by atoms with Crippen LogP contribution in [0.3, 0.4) is 0 Å². The zero-order valence-corrected chi connectivity index (χ0v) is 25.4. The second-order valence-electron chi connectivity index (χ2n) is 10.1. The summed E-state index contributed by atoms with van der Waals surface area (Å²) >= 11 is 8.20. The van der Waals surface area contributed by atoms with Crippen molar-refractivity contribution in [1.29, 1.82) is 0 Å². The highest BCUT2D eigenvalue weighted by molar-refractivity contribution is 8.00. The number of fused-ring (bicyclic) bond motifs is 2. The third-order valence-corrected chi connectivity index (χ3v) is 10.2. The fourth-order valence-corrected chi connectivity index (χ4v) is 8.29. The number of rotatable bonds is 7. The van der Waals surface area contributed by atoms with Crippen molar-refractivity contribution in [3.63, 3.8) is 0 Å². The molecule has 3 amide bonds. The maximum Gasteiger partial charge on any atom is 0.338 e. The molecule has 2 N–H and O–H groups in total. The zero-order valence-electron chi connectivity index (χ0n) is 23.1. The molecule has 1 saturated heterocycles. The summed E-state index contributed by atoms with van der Waals surface area (Å²) in [7, 11) is 0. The Balaban J connectivity index is 1.36. The van der Waals surface area contributed by atoms with Crippen LogP contribution < -0.4 is 15.1 Å². The minimum atomic E-state index is -0.874. The van der Waals surface area contributed by atoms with Crippen LogP contribution in [0, 0.1) is 5.92 Å². The Morgan fingerprint density at radius 1 is 0.955 bits per heavy atom. The highest BCUT2D eigenvalue weighted by Gasteiger charge is 2.56. The molecule has 6 rings (SSSR count). The molecule has 3 aromatic carbocycles. The molecular formula is C31H24ClN3O7S2. The minimum Gasteiger partial charge on any atom is -0.508 e. The molecule has 224 valence electrons. The molecular weight excluding hydrogens is 626 g/mol. The molecule has 2 aliphatic rings. The van der Waals surface area contributed by atoms with E-state index in [1.165, 1.54) is 53.1 Å². The molecule has 0 bridgehead atoms. The van der Waals surface area contributed by atoms with E-state index in [1.54, 1.807) is 31.2 Å². The first kappa shape index (κ1) is 29.7. The third-order valence-electron chi connectivity index (χ3n) is 7.37. The number of halogens is 1. The van der Waals surface area contributed by atoms with Gasteiger partial charge in [-0.2, -0.15) is 0 Å². The Hall–Kier alpha value is -4.39. The fourth-order valence-electron chi connectivity index (χ4n) is 5.39. The number of phenols is 1. The normalized spacial score (nSPS) is 19.0. The van der Waals surface area contributed by atoms with E-state index in [-0.39, 0.29) is 24.5 Å². The van der Waals surface area contributed by atoms with E-state index in [2.05, 4.69) is 5.32 Å². The highest BCUT2D eigenvalue weighted by Crippen LogP contribution is 2.54. The lowest BCUT2D eigenvalue weighted by molar-refractivity contribution is -0.122. The minimum absolute atomic E-state index is 0.0464. The Bertz CT molecular complexity index is 1840. The predicted molar refractivity (Wildman–Crippen MR) is 167 cm³/mol. The van der Waals surface area contributed by atoms with Crippen molar-refractivity contribution >= 4 is 69.8 Å². The number of carbonyl (C=O) groups excluding carboxylic acids is 4. The summed E-state index contributed by atoms with van der Waals surface area (Å²) in [6.45, 7) is 1.60. The fraction of sp³-hybridized carbons (Fsp3) is 0.194. The van der Waals surface area contributed by atoms with Gasteiger partial charge in [0.2, 0.25) is 17.7 Å². The van der Waals surface area contributed by atoms with E-state index >= 15 is 0 Å². The topological polar surface area (TPSA) is 135 Å². The lowest BCUT2D eigenvalue weighted by atomic mass is 9.83. The maximum absolute atomic E-state index is 14.0. The molecule has 1 fully saturated rings. The van der Waals surface area contributed by atoms with E-state index in [4.69, 9.17) is 16.3 Å². The van der Waals surface area contributed by atoms with Gasteiger partial charge in [0.25, 0.3) is 0 Å². The van der Waals surface area contributed by atoms with Crippen molar-refractivity contribution in [1.82, 2.24) is 4.57 Å². The molecule has 3 heterocycles. The van der Waals surface area contributed by atoms with Crippen LogP contribution >= 0.6 is 34.7 Å². The van der Waals surface area contributed by atoms with Crippen LogP contribution in [0.1, 0.15) is 33.6 Å². The number of imide groups is 1. The van der Waals surface area contributed by atoms with Crippen LogP contribution in [0.15, 0.2) is 82.6 Å². The number of anilines is 2. The van der Waals surface area contributed by atoms with Crippen LogP contribution in [-0.4, -0.2) is 45.2 Å². The molecule has 0 saturated carbocycles. The quantitative estimate of drug-likeness (QED) is 0.164. The largest absolute Gasteiger partial charge is 0.508 e. The monoisotopic (exact) mass is 649 g/mol. The second-order valence-corrected chi connectivity index (χ2v) is 12.7. The molecule has 1 aromatic heterocycles. The van der Waals surface area contributed by atoms with Gasteiger partial charge >= 0.3 is 10.8 Å². The number of carbonyl (C=O) groups is 4. The van der Waals surface area contributed by atoms with Gasteiger partial charge in [-0.3, -0.25) is 23.7 Å². The first-order chi connectivity index (χ1) is 21.2. The Labute approximate surface area is 264 Å². The van der Waals surface area contributed by atoms with Crippen molar-refractivity contribution in [3.05, 3.63) is 103 Å². The number of nitrogens with one attached hydrogen (secondary N) is 1. The summed E-state index contributed by atoms with van der Waals surface area (Å²) < 4.78 is 6.36. The van der Waals surface area contributed by atoms with Crippen molar-refractivity contribution in [2.75, 3.05) is 16.8 Å². The van der Waals surface area contributed by atoms with E-state index in [9.17, 15) is 29.1 Å². The van der Waals surface area contributed by atoms with Gasteiger partial charge in [-0.1, -0.05) is 46.8 Å². The molecule has 10 nitrogen and oxygen atoms in total. The number of aromatic nitrogens is 1. The molecule has 44 heavy (non-hydrogen) atoms. The maximum atomic E-state index is 14.0. The van der Waals surface area contributed by atoms with Gasteiger partial charge < -0.3 is 15.2 Å². The molecule has 4 aromatic rings. The molecule has 3 atom stereocenters. The number of nitrogens with zero attached hydrogens (tertiary/aromatic N) is 2. The lowest BCUT2D eigenvalue weighted by Gasteiger charge is -2.30. The standard InChI is InChI=1S/C31H24ClN3O7S2/c1-2-42-30(40)17-5-11-20(12-6-17)35-27(38)24-23(16-3-7-18(32)8-4-16)26-29(43-25(24)28(35)39)34(31(41)44-26)15-22(37)33-19-9-13-21(36)14-10-19/h3-14,23-25,36H,2,15H2,1H3,(H,33,37)/t23-,24-,25+/m0/s1. The number of hydrogen-bond donors (Lipinski definition) is 2. The molecule has 13 heteroatoms. The summed E-state index contributed by atoms with van der Waals surface area (Å²) in [5, 5.41) is 12.3. The van der Waals surface area contributed by atoms with Gasteiger partial charge in [0.05, 0.1) is 28.8 Å². The number of thioether (sulfide) groups is 1. The van der Waals surface area contributed by atoms with Gasteiger partial charge in [0.1, 0.15) is 17.5 Å². The smallest absolute Gasteiger partial charge is 0.338 e. The summed E-state index contributed by atoms with van der Waals surface area (Å²) in [6.07, 6.45) is 0. The summed E-state index contributed by atoms with van der Waals surface area (Å²) in [5.74, 6) is -3.30. The second kappa shape index (κ2) is 11.9. The van der Waals surface area contributed by atoms with Crippen LogP contribution in [0.4, 0.5) is 11.4 Å². The van der Waals surface area contributed by atoms with Crippen molar-refractivity contribution in [2.45, 2.75) is 29.7 Å².